The Morgan fingerprint density at radius 1 is 1.56 bits per heavy atom. The highest BCUT2D eigenvalue weighted by Gasteiger charge is 2.22. The smallest absolute Gasteiger partial charge is 0.264 e. The molecule has 96 valence electrons. The van der Waals surface area contributed by atoms with E-state index in [-0.39, 0.29) is 12.5 Å². The third-order valence-corrected chi connectivity index (χ3v) is 2.93. The minimum atomic E-state index is -0.728. The Morgan fingerprint density at radius 3 is 2.94 bits per heavy atom. The lowest BCUT2D eigenvalue weighted by Gasteiger charge is -2.26. The molecular formula is C12H15N3O3. The zero-order valence-corrected chi connectivity index (χ0v) is 10.1. The van der Waals surface area contributed by atoms with Gasteiger partial charge in [0.25, 0.3) is 5.91 Å². The van der Waals surface area contributed by atoms with Crippen molar-refractivity contribution in [2.45, 2.75) is 12.5 Å². The third-order valence-electron chi connectivity index (χ3n) is 2.93. The molecule has 0 aliphatic carbocycles. The number of primary amides is 1. The highest BCUT2D eigenvalue weighted by molar-refractivity contribution is 5.97. The van der Waals surface area contributed by atoms with Crippen molar-refractivity contribution in [3.05, 3.63) is 23.8 Å². The lowest BCUT2D eigenvalue weighted by atomic mass is 10.0. The number of rotatable bonds is 3. The zero-order chi connectivity index (χ0) is 13.3. The number of anilines is 1. The molecule has 0 bridgehead atoms. The van der Waals surface area contributed by atoms with Crippen LogP contribution >= 0.6 is 0 Å². The average molecular weight is 249 g/mol. The fourth-order valence-corrected chi connectivity index (χ4v) is 1.80. The second kappa shape index (κ2) is 4.66. The van der Waals surface area contributed by atoms with Crippen molar-refractivity contribution in [1.29, 1.82) is 0 Å². The van der Waals surface area contributed by atoms with Crippen LogP contribution in [-0.2, 0) is 16.0 Å². The van der Waals surface area contributed by atoms with Crippen LogP contribution in [0.2, 0.25) is 0 Å². The van der Waals surface area contributed by atoms with Crippen LogP contribution in [0.5, 0.6) is 5.75 Å². The van der Waals surface area contributed by atoms with E-state index in [1.807, 2.05) is 6.07 Å². The number of nitrogens with zero attached hydrogens (tertiary/aromatic N) is 1. The average Bonchev–Trinajstić information content (AvgIpc) is 2.34. The Hall–Kier alpha value is -2.08. The minimum Gasteiger partial charge on any atom is -0.482 e. The number of ether oxygens (including phenoxy) is 1. The second-order valence-electron chi connectivity index (χ2n) is 4.26. The fraction of sp³-hybridized carbons (Fsp3) is 0.333. The van der Waals surface area contributed by atoms with Gasteiger partial charge in [-0.15, -0.1) is 0 Å². The first-order valence-electron chi connectivity index (χ1n) is 5.56. The van der Waals surface area contributed by atoms with E-state index in [2.05, 4.69) is 0 Å². The molecule has 1 aliphatic rings. The van der Waals surface area contributed by atoms with Gasteiger partial charge in [0.15, 0.2) is 6.61 Å². The fourth-order valence-electron chi connectivity index (χ4n) is 1.80. The number of hydrogen-bond acceptors (Lipinski definition) is 4. The second-order valence-corrected chi connectivity index (χ2v) is 4.26. The molecule has 0 fully saturated rings. The van der Waals surface area contributed by atoms with Crippen molar-refractivity contribution in [3.63, 3.8) is 0 Å². The normalized spacial score (nSPS) is 15.9. The summed E-state index contributed by atoms with van der Waals surface area (Å²) in [6.45, 7) is 0.0453. The van der Waals surface area contributed by atoms with E-state index < -0.39 is 11.9 Å². The summed E-state index contributed by atoms with van der Waals surface area (Å²) in [6.07, 6.45) is 0.338. The maximum Gasteiger partial charge on any atom is 0.264 e. The number of carbonyl (C=O) groups is 2. The number of likely N-dealkylation sites (N-methyl/N-ethyl adjacent to an activating group) is 1. The Labute approximate surface area is 104 Å². The molecule has 0 spiro atoms. The first kappa shape index (κ1) is 12.4. The standard InChI is InChI=1S/C12H15N3O3/c1-15-9-5-7(4-8(13)12(14)17)2-3-10(9)18-6-11(15)16/h2-3,5,8H,4,6,13H2,1H3,(H2,14,17). The summed E-state index contributed by atoms with van der Waals surface area (Å²) >= 11 is 0. The summed E-state index contributed by atoms with van der Waals surface area (Å²) < 4.78 is 5.30. The van der Waals surface area contributed by atoms with Gasteiger partial charge in [-0.05, 0) is 24.1 Å². The van der Waals surface area contributed by atoms with Gasteiger partial charge in [0, 0.05) is 7.05 Å². The van der Waals surface area contributed by atoms with Crippen LogP contribution in [0.15, 0.2) is 18.2 Å². The summed E-state index contributed by atoms with van der Waals surface area (Å²) in [5, 5.41) is 0. The van der Waals surface area contributed by atoms with Crippen LogP contribution < -0.4 is 21.1 Å². The number of nitrogens with two attached hydrogens (primary N) is 2. The third kappa shape index (κ3) is 2.28. The maximum absolute atomic E-state index is 11.5. The molecule has 1 aromatic carbocycles. The van der Waals surface area contributed by atoms with Gasteiger partial charge in [-0.3, -0.25) is 9.59 Å². The largest absolute Gasteiger partial charge is 0.482 e. The van der Waals surface area contributed by atoms with Gasteiger partial charge in [0.1, 0.15) is 5.75 Å². The van der Waals surface area contributed by atoms with Crippen molar-refractivity contribution < 1.29 is 14.3 Å². The number of benzene rings is 1. The summed E-state index contributed by atoms with van der Waals surface area (Å²) in [6, 6.07) is 4.63. The molecular weight excluding hydrogens is 234 g/mol. The molecule has 1 unspecified atom stereocenters. The van der Waals surface area contributed by atoms with Gasteiger partial charge in [0.05, 0.1) is 11.7 Å². The summed E-state index contributed by atoms with van der Waals surface area (Å²) in [7, 11) is 1.68. The molecule has 0 saturated carbocycles. The molecule has 1 atom stereocenters. The van der Waals surface area contributed by atoms with Gasteiger partial charge in [0.2, 0.25) is 5.91 Å². The molecule has 1 aliphatic heterocycles. The van der Waals surface area contributed by atoms with E-state index in [4.69, 9.17) is 16.2 Å². The Bertz CT molecular complexity index is 501. The number of carbonyl (C=O) groups excluding carboxylic acids is 2. The summed E-state index contributed by atoms with van der Waals surface area (Å²) in [5.74, 6) is -0.0132. The topological polar surface area (TPSA) is 98.7 Å². The van der Waals surface area contributed by atoms with E-state index in [0.29, 0.717) is 17.9 Å². The van der Waals surface area contributed by atoms with Crippen LogP contribution in [-0.4, -0.2) is 31.5 Å². The van der Waals surface area contributed by atoms with Crippen molar-refractivity contribution in [2.75, 3.05) is 18.6 Å². The number of hydrogen-bond donors (Lipinski definition) is 2. The summed E-state index contributed by atoms with van der Waals surface area (Å²) in [5.41, 5.74) is 12.2. The highest BCUT2D eigenvalue weighted by atomic mass is 16.5. The highest BCUT2D eigenvalue weighted by Crippen LogP contribution is 2.32. The molecule has 4 N–H and O–H groups in total. The SMILES string of the molecule is CN1C(=O)COc2ccc(CC(N)C(N)=O)cc21. The van der Waals surface area contributed by atoms with Gasteiger partial charge < -0.3 is 21.1 Å². The molecule has 1 aromatic rings. The van der Waals surface area contributed by atoms with Gasteiger partial charge >= 0.3 is 0 Å². The van der Waals surface area contributed by atoms with Crippen molar-refractivity contribution >= 4 is 17.5 Å². The molecule has 18 heavy (non-hydrogen) atoms. The van der Waals surface area contributed by atoms with E-state index >= 15 is 0 Å². The van der Waals surface area contributed by atoms with E-state index in [0.717, 1.165) is 5.56 Å². The van der Waals surface area contributed by atoms with Crippen LogP contribution in [0.1, 0.15) is 5.56 Å². The predicted molar refractivity (Wildman–Crippen MR) is 66.2 cm³/mol. The Morgan fingerprint density at radius 2 is 2.28 bits per heavy atom. The van der Waals surface area contributed by atoms with Crippen LogP contribution in [0, 0.1) is 0 Å². The predicted octanol–water partition coefficient (Wildman–Crippen LogP) is -0.603. The van der Waals surface area contributed by atoms with Crippen molar-refractivity contribution in [1.82, 2.24) is 0 Å². The summed E-state index contributed by atoms with van der Waals surface area (Å²) in [4.78, 5) is 23.9. The van der Waals surface area contributed by atoms with E-state index in [9.17, 15) is 9.59 Å². The zero-order valence-electron chi connectivity index (χ0n) is 10.1. The molecule has 0 radical (unpaired) electrons. The van der Waals surface area contributed by atoms with Crippen molar-refractivity contribution in [2.24, 2.45) is 11.5 Å². The molecule has 6 nitrogen and oxygen atoms in total. The van der Waals surface area contributed by atoms with Gasteiger partial charge in [-0.2, -0.15) is 0 Å². The molecule has 1 heterocycles. The quantitative estimate of drug-likeness (QED) is 0.747. The van der Waals surface area contributed by atoms with Crippen molar-refractivity contribution in [3.8, 4) is 5.75 Å². The van der Waals surface area contributed by atoms with Crippen LogP contribution in [0.4, 0.5) is 5.69 Å². The lowest BCUT2D eigenvalue weighted by Crippen LogP contribution is -2.38. The van der Waals surface area contributed by atoms with Crippen LogP contribution in [0.3, 0.4) is 0 Å². The Kier molecular flexibility index (Phi) is 3.20. The number of fused-ring (bicyclic) bond motifs is 1. The van der Waals surface area contributed by atoms with Gasteiger partial charge in [-0.1, -0.05) is 6.07 Å². The lowest BCUT2D eigenvalue weighted by molar-refractivity contribution is -0.121. The number of amides is 2. The Balaban J connectivity index is 2.26. The van der Waals surface area contributed by atoms with E-state index in [1.165, 1.54) is 4.90 Å². The molecule has 2 amide bonds. The minimum absolute atomic E-state index is 0.0453. The first-order chi connectivity index (χ1) is 8.49. The molecule has 6 heteroatoms. The first-order valence-corrected chi connectivity index (χ1v) is 5.56. The molecule has 0 saturated heterocycles. The monoisotopic (exact) mass is 249 g/mol. The molecule has 0 aromatic heterocycles. The van der Waals surface area contributed by atoms with E-state index in [1.54, 1.807) is 19.2 Å². The maximum atomic E-state index is 11.5. The van der Waals surface area contributed by atoms with Gasteiger partial charge in [-0.25, -0.2) is 0 Å². The van der Waals surface area contributed by atoms with Crippen LogP contribution in [0.25, 0.3) is 0 Å². The molecule has 2 rings (SSSR count).